The second-order valence-corrected chi connectivity index (χ2v) is 7.39. The van der Waals surface area contributed by atoms with Crippen molar-refractivity contribution < 1.29 is 9.53 Å². The molecule has 2 aliphatic rings. The molecule has 0 atom stereocenters. The molecule has 0 radical (unpaired) electrons. The molecule has 0 bridgehead atoms. The second-order valence-electron chi connectivity index (χ2n) is 7.39. The molecule has 1 N–H and O–H groups in total. The molecule has 2 aromatic rings. The summed E-state index contributed by atoms with van der Waals surface area (Å²) in [5, 5.41) is 0. The summed E-state index contributed by atoms with van der Waals surface area (Å²) in [4.78, 5) is 35.4. The predicted octanol–water partition coefficient (Wildman–Crippen LogP) is 2.06. The van der Waals surface area contributed by atoms with Crippen LogP contribution < -0.4 is 15.2 Å². The number of aromatic amines is 1. The van der Waals surface area contributed by atoms with Crippen LogP contribution in [0.5, 0.6) is 5.88 Å². The summed E-state index contributed by atoms with van der Waals surface area (Å²) in [6, 6.07) is 5.80. The first-order valence-corrected chi connectivity index (χ1v) is 9.50. The number of rotatable bonds is 7. The van der Waals surface area contributed by atoms with Crippen LogP contribution in [-0.4, -0.2) is 53.6 Å². The van der Waals surface area contributed by atoms with Crippen molar-refractivity contribution in [3.8, 4) is 17.0 Å². The number of pyridine rings is 2. The van der Waals surface area contributed by atoms with E-state index in [9.17, 15) is 9.59 Å². The monoisotopic (exact) mass is 380 g/mol. The number of hydrogen-bond donors (Lipinski definition) is 1. The van der Waals surface area contributed by atoms with Gasteiger partial charge in [0.25, 0.3) is 5.56 Å². The van der Waals surface area contributed by atoms with Gasteiger partial charge in [0.15, 0.2) is 0 Å². The quantitative estimate of drug-likeness (QED) is 0.744. The third kappa shape index (κ3) is 3.65. The standard InChI is InChI=1S/C21H24N4O3/c1-3-20(26)24-12-17(13-24)25(11-14-4-5-14)18-8-16(10-23-21(18)27)15-6-7-22-19(9-15)28-2/h3,6-10,14,17H,1,4-5,11-13H2,2H3,(H,23,27). The number of nitrogens with one attached hydrogen (secondary N) is 1. The van der Waals surface area contributed by atoms with E-state index in [0.717, 1.165) is 17.7 Å². The number of H-pyrrole nitrogens is 1. The molecule has 28 heavy (non-hydrogen) atoms. The molecule has 7 heteroatoms. The highest BCUT2D eigenvalue weighted by molar-refractivity contribution is 5.88. The van der Waals surface area contributed by atoms with Gasteiger partial charge in [0.2, 0.25) is 11.8 Å². The van der Waals surface area contributed by atoms with Gasteiger partial charge in [-0.2, -0.15) is 0 Å². The molecule has 0 unspecified atom stereocenters. The van der Waals surface area contributed by atoms with Crippen molar-refractivity contribution in [2.24, 2.45) is 5.92 Å². The van der Waals surface area contributed by atoms with Crippen molar-refractivity contribution in [2.75, 3.05) is 31.6 Å². The molecular weight excluding hydrogens is 356 g/mol. The van der Waals surface area contributed by atoms with Gasteiger partial charge in [-0.15, -0.1) is 0 Å². The number of carbonyl (C=O) groups excluding carboxylic acids is 1. The van der Waals surface area contributed by atoms with E-state index in [-0.39, 0.29) is 17.5 Å². The largest absolute Gasteiger partial charge is 0.481 e. The summed E-state index contributed by atoms with van der Waals surface area (Å²) < 4.78 is 5.21. The Labute approximate surface area is 163 Å². The zero-order valence-corrected chi connectivity index (χ0v) is 15.9. The fourth-order valence-corrected chi connectivity index (χ4v) is 3.54. The van der Waals surface area contributed by atoms with Crippen LogP contribution in [0.15, 0.2) is 48.0 Å². The van der Waals surface area contributed by atoms with Crippen molar-refractivity contribution >= 4 is 11.6 Å². The lowest BCUT2D eigenvalue weighted by Crippen LogP contribution is -2.62. The molecule has 3 heterocycles. The highest BCUT2D eigenvalue weighted by Crippen LogP contribution is 2.34. The summed E-state index contributed by atoms with van der Waals surface area (Å²) in [6.07, 6.45) is 7.12. The number of carbonyl (C=O) groups is 1. The number of aromatic nitrogens is 2. The van der Waals surface area contributed by atoms with Gasteiger partial charge < -0.3 is 19.5 Å². The first-order chi connectivity index (χ1) is 13.6. The Kier molecular flexibility index (Phi) is 4.90. The third-order valence-corrected chi connectivity index (χ3v) is 5.41. The smallest absolute Gasteiger partial charge is 0.271 e. The number of ether oxygens (including phenoxy) is 1. The normalized spacial score (nSPS) is 16.4. The van der Waals surface area contributed by atoms with Crippen LogP contribution in [0.25, 0.3) is 11.1 Å². The lowest BCUT2D eigenvalue weighted by molar-refractivity contribution is -0.130. The van der Waals surface area contributed by atoms with Crippen molar-refractivity contribution in [1.82, 2.24) is 14.9 Å². The zero-order valence-electron chi connectivity index (χ0n) is 15.9. The molecule has 146 valence electrons. The number of methoxy groups -OCH3 is 1. The minimum Gasteiger partial charge on any atom is -0.481 e. The van der Waals surface area contributed by atoms with Gasteiger partial charge in [-0.3, -0.25) is 9.59 Å². The van der Waals surface area contributed by atoms with Gasteiger partial charge in [0.1, 0.15) is 5.69 Å². The zero-order chi connectivity index (χ0) is 19.7. The summed E-state index contributed by atoms with van der Waals surface area (Å²) in [5.74, 6) is 1.08. The van der Waals surface area contributed by atoms with Gasteiger partial charge >= 0.3 is 0 Å². The number of likely N-dealkylation sites (tertiary alicyclic amines) is 1. The van der Waals surface area contributed by atoms with E-state index in [2.05, 4.69) is 21.4 Å². The summed E-state index contributed by atoms with van der Waals surface area (Å²) in [7, 11) is 1.58. The van der Waals surface area contributed by atoms with E-state index in [1.807, 2.05) is 18.2 Å². The number of amides is 1. The van der Waals surface area contributed by atoms with Crippen molar-refractivity contribution in [1.29, 1.82) is 0 Å². The highest BCUT2D eigenvalue weighted by Gasteiger charge is 2.37. The van der Waals surface area contributed by atoms with E-state index in [4.69, 9.17) is 4.74 Å². The third-order valence-electron chi connectivity index (χ3n) is 5.41. The Hall–Kier alpha value is -3.09. The summed E-state index contributed by atoms with van der Waals surface area (Å²) >= 11 is 0. The summed E-state index contributed by atoms with van der Waals surface area (Å²) in [5.41, 5.74) is 2.36. The molecule has 0 aromatic carbocycles. The second kappa shape index (κ2) is 7.50. The van der Waals surface area contributed by atoms with Crippen LogP contribution in [0.2, 0.25) is 0 Å². The van der Waals surface area contributed by atoms with Gasteiger partial charge in [-0.25, -0.2) is 4.98 Å². The van der Waals surface area contributed by atoms with Gasteiger partial charge in [0, 0.05) is 43.7 Å². The first-order valence-electron chi connectivity index (χ1n) is 9.50. The number of nitrogens with zero attached hydrogens (tertiary/aromatic N) is 3. The van der Waals surface area contributed by atoms with E-state index >= 15 is 0 Å². The molecule has 1 amide bonds. The molecule has 0 spiro atoms. The Morgan fingerprint density at radius 2 is 2.18 bits per heavy atom. The number of anilines is 1. The molecule has 1 aliphatic heterocycles. The van der Waals surface area contributed by atoms with Gasteiger partial charge in [-0.05, 0) is 42.5 Å². The van der Waals surface area contributed by atoms with Crippen LogP contribution in [-0.2, 0) is 4.79 Å². The average molecular weight is 380 g/mol. The molecule has 2 fully saturated rings. The molecule has 2 aromatic heterocycles. The maximum atomic E-state index is 12.7. The lowest BCUT2D eigenvalue weighted by Gasteiger charge is -2.46. The van der Waals surface area contributed by atoms with Crippen LogP contribution in [0.3, 0.4) is 0 Å². The van der Waals surface area contributed by atoms with Crippen molar-refractivity contribution in [3.63, 3.8) is 0 Å². The molecule has 1 saturated carbocycles. The average Bonchev–Trinajstić information content (AvgIpc) is 3.50. The minimum absolute atomic E-state index is 0.0610. The van der Waals surface area contributed by atoms with Crippen LogP contribution in [0.4, 0.5) is 5.69 Å². The topological polar surface area (TPSA) is 78.5 Å². The minimum atomic E-state index is -0.112. The lowest BCUT2D eigenvalue weighted by atomic mass is 10.0. The molecule has 1 aliphatic carbocycles. The Morgan fingerprint density at radius 1 is 1.39 bits per heavy atom. The van der Waals surface area contributed by atoms with E-state index in [1.165, 1.54) is 18.9 Å². The van der Waals surface area contributed by atoms with Crippen LogP contribution in [0, 0.1) is 5.92 Å². The fourth-order valence-electron chi connectivity index (χ4n) is 3.54. The SMILES string of the molecule is C=CC(=O)N1CC(N(CC2CC2)c2cc(-c3ccnc(OC)c3)c[nH]c2=O)C1. The maximum absolute atomic E-state index is 12.7. The predicted molar refractivity (Wildman–Crippen MR) is 107 cm³/mol. The molecule has 4 rings (SSSR count). The van der Waals surface area contributed by atoms with Gasteiger partial charge in [0.05, 0.1) is 13.2 Å². The Morgan fingerprint density at radius 3 is 2.86 bits per heavy atom. The number of hydrogen-bond acceptors (Lipinski definition) is 5. The van der Waals surface area contributed by atoms with Crippen LogP contribution in [0.1, 0.15) is 12.8 Å². The molecular formula is C21H24N4O3. The highest BCUT2D eigenvalue weighted by atomic mass is 16.5. The van der Waals surface area contributed by atoms with E-state index in [0.29, 0.717) is 30.6 Å². The Balaban J connectivity index is 1.63. The van der Waals surface area contributed by atoms with E-state index < -0.39 is 0 Å². The first kappa shape index (κ1) is 18.3. The molecule has 1 saturated heterocycles. The van der Waals surface area contributed by atoms with E-state index in [1.54, 1.807) is 24.4 Å². The fraction of sp³-hybridized carbons (Fsp3) is 0.381. The maximum Gasteiger partial charge on any atom is 0.271 e. The van der Waals surface area contributed by atoms with Crippen molar-refractivity contribution in [2.45, 2.75) is 18.9 Å². The van der Waals surface area contributed by atoms with Crippen molar-refractivity contribution in [3.05, 3.63) is 53.6 Å². The molecule has 7 nitrogen and oxygen atoms in total. The summed E-state index contributed by atoms with van der Waals surface area (Å²) in [6.45, 7) is 5.62. The Bertz CT molecular complexity index is 945. The van der Waals surface area contributed by atoms with Gasteiger partial charge in [-0.1, -0.05) is 6.58 Å². The van der Waals surface area contributed by atoms with Crippen LogP contribution >= 0.6 is 0 Å².